The first-order valence-corrected chi connectivity index (χ1v) is 19.7. The molecule has 4 aromatic rings. The molecule has 5 aliphatic rings. The lowest BCUT2D eigenvalue weighted by Gasteiger charge is -2.49. The SMILES string of the molecule is COc1cc(-c2cn(C)c(=O)c3cnccc23)cc(OC)c1CN1CC(CC(=O)N2CC3(CCC(Oc4ccc5c(c4)C(=O)N(C4CCC(=O)NC4=O)C5=O)C3)C2)C1. The number of aromatic nitrogens is 2. The van der Waals surface area contributed by atoms with E-state index in [1.807, 2.05) is 29.3 Å². The second-order valence-corrected chi connectivity index (χ2v) is 16.4. The van der Waals surface area contributed by atoms with Crippen LogP contribution in [0.2, 0.25) is 0 Å². The van der Waals surface area contributed by atoms with Gasteiger partial charge in [0.05, 0.1) is 42.4 Å². The molecule has 58 heavy (non-hydrogen) atoms. The fraction of sp³-hybridized carbons (Fsp3) is 0.419. The summed E-state index contributed by atoms with van der Waals surface area (Å²) in [5.41, 5.74) is 2.96. The maximum absolute atomic E-state index is 13.4. The van der Waals surface area contributed by atoms with Crippen LogP contribution in [0.4, 0.5) is 0 Å². The fourth-order valence-electron chi connectivity index (χ4n) is 9.57. The van der Waals surface area contributed by atoms with E-state index in [2.05, 4.69) is 15.2 Å². The van der Waals surface area contributed by atoms with E-state index in [0.717, 1.165) is 59.3 Å². The number of piperidine rings is 1. The summed E-state index contributed by atoms with van der Waals surface area (Å²) in [5.74, 6) is 0.104. The summed E-state index contributed by atoms with van der Waals surface area (Å²) in [6, 6.07) is 9.59. The van der Waals surface area contributed by atoms with E-state index in [0.29, 0.717) is 48.7 Å². The van der Waals surface area contributed by atoms with Crippen LogP contribution in [0.1, 0.15) is 64.8 Å². The summed E-state index contributed by atoms with van der Waals surface area (Å²) in [5, 5.41) is 3.55. The van der Waals surface area contributed by atoms with Crippen LogP contribution < -0.4 is 25.1 Å². The molecule has 2 aromatic heterocycles. The van der Waals surface area contributed by atoms with Gasteiger partial charge in [0.15, 0.2) is 0 Å². The van der Waals surface area contributed by atoms with Gasteiger partial charge in [-0.3, -0.25) is 48.9 Å². The number of pyridine rings is 2. The van der Waals surface area contributed by atoms with Gasteiger partial charge in [-0.15, -0.1) is 0 Å². The van der Waals surface area contributed by atoms with Gasteiger partial charge in [-0.25, -0.2) is 0 Å². The van der Waals surface area contributed by atoms with Crippen LogP contribution in [0.25, 0.3) is 21.9 Å². The highest BCUT2D eigenvalue weighted by atomic mass is 16.5. The van der Waals surface area contributed by atoms with E-state index < -0.39 is 29.7 Å². The molecular formula is C43H44N6O9. The lowest BCUT2D eigenvalue weighted by molar-refractivity contribution is -0.146. The zero-order valence-corrected chi connectivity index (χ0v) is 32.6. The van der Waals surface area contributed by atoms with Gasteiger partial charge in [0.25, 0.3) is 17.4 Å². The van der Waals surface area contributed by atoms with Crippen molar-refractivity contribution in [1.82, 2.24) is 29.6 Å². The van der Waals surface area contributed by atoms with Gasteiger partial charge in [-0.2, -0.15) is 0 Å². The lowest BCUT2D eigenvalue weighted by atomic mass is 9.77. The van der Waals surface area contributed by atoms with Gasteiger partial charge in [-0.1, -0.05) is 0 Å². The minimum atomic E-state index is -1.02. The second-order valence-electron chi connectivity index (χ2n) is 16.4. The van der Waals surface area contributed by atoms with Crippen molar-refractivity contribution in [2.24, 2.45) is 18.4 Å². The fourth-order valence-corrected chi connectivity index (χ4v) is 9.57. The lowest BCUT2D eigenvalue weighted by Crippen LogP contribution is -2.58. The first-order valence-electron chi connectivity index (χ1n) is 19.7. The van der Waals surface area contributed by atoms with Gasteiger partial charge < -0.3 is 23.7 Å². The molecule has 2 aromatic carbocycles. The molecule has 300 valence electrons. The standard InChI is InChI=1S/C43H44N6O9/c1-46-20-32(28-9-11-44-17-31(28)40(46)53)25-13-35(56-2)33(36(14-25)57-3)21-47-18-24(19-47)12-38(51)48-22-43(23-48)10-8-27(16-43)58-26-4-5-29-30(15-26)42(55)49(41(29)54)34-6-7-37(50)45-39(34)52/h4-5,9,11,13-15,17,20,24,27,34H,6-8,10,12,16,18-19,21-23H2,1-3H3,(H,45,50,52). The Kier molecular flexibility index (Phi) is 9.29. The van der Waals surface area contributed by atoms with E-state index in [-0.39, 0.29) is 52.9 Å². The summed E-state index contributed by atoms with van der Waals surface area (Å²) in [6.07, 6.45) is 8.19. The quantitative estimate of drug-likeness (QED) is 0.234. The number of nitrogens with zero attached hydrogens (tertiary/aromatic N) is 5. The van der Waals surface area contributed by atoms with Gasteiger partial charge in [0.1, 0.15) is 23.3 Å². The summed E-state index contributed by atoms with van der Waals surface area (Å²) < 4.78 is 19.6. The van der Waals surface area contributed by atoms with Crippen LogP contribution in [0, 0.1) is 11.3 Å². The van der Waals surface area contributed by atoms with E-state index in [1.165, 1.54) is 0 Å². The Hall–Kier alpha value is -6.09. The molecule has 6 heterocycles. The number of likely N-dealkylation sites (tertiary alicyclic amines) is 2. The zero-order valence-electron chi connectivity index (χ0n) is 32.6. The molecule has 2 atom stereocenters. The van der Waals surface area contributed by atoms with Crippen molar-refractivity contribution in [2.75, 3.05) is 40.4 Å². The third kappa shape index (κ3) is 6.46. The van der Waals surface area contributed by atoms with Crippen molar-refractivity contribution < 1.29 is 38.2 Å². The zero-order chi connectivity index (χ0) is 40.5. The van der Waals surface area contributed by atoms with Crippen molar-refractivity contribution in [2.45, 2.75) is 57.2 Å². The number of methoxy groups -OCH3 is 2. The monoisotopic (exact) mass is 788 g/mol. The Morgan fingerprint density at radius 2 is 1.66 bits per heavy atom. The number of carbonyl (C=O) groups excluding carboxylic acids is 5. The first-order chi connectivity index (χ1) is 27.9. The molecule has 1 saturated carbocycles. The molecular weight excluding hydrogens is 745 g/mol. The molecule has 4 aliphatic heterocycles. The number of nitrogens with one attached hydrogen (secondary N) is 1. The Balaban J connectivity index is 0.769. The predicted octanol–water partition coefficient (Wildman–Crippen LogP) is 3.30. The largest absolute Gasteiger partial charge is 0.496 e. The third-order valence-electron chi connectivity index (χ3n) is 12.6. The van der Waals surface area contributed by atoms with Crippen LogP contribution in [0.15, 0.2) is 59.8 Å². The first kappa shape index (κ1) is 37.5. The van der Waals surface area contributed by atoms with Crippen molar-refractivity contribution in [3.05, 3.63) is 82.0 Å². The molecule has 5 amide bonds. The summed E-state index contributed by atoms with van der Waals surface area (Å²) in [7, 11) is 5.00. The number of aryl methyl sites for hydroxylation is 1. The van der Waals surface area contributed by atoms with Crippen LogP contribution in [-0.2, 0) is 28.0 Å². The highest BCUT2D eigenvalue weighted by Gasteiger charge is 2.51. The minimum Gasteiger partial charge on any atom is -0.496 e. The van der Waals surface area contributed by atoms with E-state index in [1.54, 1.807) is 56.4 Å². The topological polar surface area (TPSA) is 170 Å². The number of hydrogen-bond acceptors (Lipinski definition) is 11. The van der Waals surface area contributed by atoms with E-state index in [9.17, 15) is 28.8 Å². The van der Waals surface area contributed by atoms with E-state index >= 15 is 0 Å². The average Bonchev–Trinajstić information content (AvgIpc) is 3.72. The van der Waals surface area contributed by atoms with Crippen LogP contribution >= 0.6 is 0 Å². The molecule has 9 rings (SSSR count). The Morgan fingerprint density at radius 1 is 0.914 bits per heavy atom. The van der Waals surface area contributed by atoms with Crippen molar-refractivity contribution in [3.63, 3.8) is 0 Å². The number of rotatable bonds is 10. The Labute approximate surface area is 333 Å². The van der Waals surface area contributed by atoms with Crippen molar-refractivity contribution >= 4 is 40.3 Å². The highest BCUT2D eigenvalue weighted by Crippen LogP contribution is 2.47. The normalized spacial score (nSPS) is 21.6. The maximum atomic E-state index is 13.4. The van der Waals surface area contributed by atoms with Crippen molar-refractivity contribution in [1.29, 1.82) is 0 Å². The van der Waals surface area contributed by atoms with Gasteiger partial charge in [0.2, 0.25) is 17.7 Å². The molecule has 15 nitrogen and oxygen atoms in total. The number of imide groups is 2. The Morgan fingerprint density at radius 3 is 2.38 bits per heavy atom. The van der Waals surface area contributed by atoms with Crippen LogP contribution in [-0.4, -0.2) is 106 Å². The number of fused-ring (bicyclic) bond motifs is 2. The summed E-state index contributed by atoms with van der Waals surface area (Å²) >= 11 is 0. The van der Waals surface area contributed by atoms with Gasteiger partial charge in [0, 0.05) is 82.2 Å². The molecule has 0 radical (unpaired) electrons. The molecule has 2 unspecified atom stereocenters. The molecule has 0 bridgehead atoms. The number of benzene rings is 2. The Bertz CT molecular complexity index is 2440. The third-order valence-corrected chi connectivity index (χ3v) is 12.6. The van der Waals surface area contributed by atoms with Gasteiger partial charge in [-0.05, 0) is 78.9 Å². The van der Waals surface area contributed by atoms with Crippen molar-refractivity contribution in [3.8, 4) is 28.4 Å². The number of carbonyl (C=O) groups is 5. The molecule has 4 fully saturated rings. The second kappa shape index (κ2) is 14.4. The summed E-state index contributed by atoms with van der Waals surface area (Å²) in [4.78, 5) is 85.8. The molecule has 1 aliphatic carbocycles. The van der Waals surface area contributed by atoms with Gasteiger partial charge >= 0.3 is 0 Å². The molecule has 1 N–H and O–H groups in total. The molecule has 3 saturated heterocycles. The maximum Gasteiger partial charge on any atom is 0.262 e. The highest BCUT2D eigenvalue weighted by molar-refractivity contribution is 6.23. The van der Waals surface area contributed by atoms with E-state index in [4.69, 9.17) is 14.2 Å². The molecule has 15 heteroatoms. The summed E-state index contributed by atoms with van der Waals surface area (Å²) in [6.45, 7) is 3.57. The minimum absolute atomic E-state index is 0.00786. The smallest absolute Gasteiger partial charge is 0.262 e. The number of hydrogen-bond donors (Lipinski definition) is 1. The van der Waals surface area contributed by atoms with Crippen LogP contribution in [0.3, 0.4) is 0 Å². The predicted molar refractivity (Wildman–Crippen MR) is 209 cm³/mol. The average molecular weight is 789 g/mol. The molecule has 1 spiro atoms. The number of ether oxygens (including phenoxy) is 3. The number of amides is 5. The van der Waals surface area contributed by atoms with Crippen LogP contribution in [0.5, 0.6) is 17.2 Å².